The van der Waals surface area contributed by atoms with Crippen molar-refractivity contribution in [2.75, 3.05) is 0 Å². The molecule has 0 aliphatic heterocycles. The predicted molar refractivity (Wildman–Crippen MR) is 75.4 cm³/mol. The lowest BCUT2D eigenvalue weighted by atomic mass is 10.2. The van der Waals surface area contributed by atoms with Crippen LogP contribution in [0.3, 0.4) is 0 Å². The Bertz CT molecular complexity index is 563. The third-order valence-corrected chi connectivity index (χ3v) is 4.32. The Morgan fingerprint density at radius 3 is 2.35 bits per heavy atom. The number of urea groups is 1. The van der Waals surface area contributed by atoms with E-state index in [1.807, 2.05) is 0 Å². The number of nitrogens with two attached hydrogens (primary N) is 1. The molecule has 0 aromatic heterocycles. The minimum Gasteiger partial charge on any atom is -0.335 e. The zero-order valence-electron chi connectivity index (χ0n) is 11.1. The molecule has 1 fully saturated rings. The first-order chi connectivity index (χ1) is 9.45. The number of hydrogen-bond donors (Lipinski definition) is 3. The van der Waals surface area contributed by atoms with Crippen LogP contribution in [0.2, 0.25) is 0 Å². The summed E-state index contributed by atoms with van der Waals surface area (Å²) in [6.07, 6.45) is 4.41. The van der Waals surface area contributed by atoms with Gasteiger partial charge in [-0.3, -0.25) is 0 Å². The van der Waals surface area contributed by atoms with Crippen LogP contribution < -0.4 is 15.8 Å². The molecule has 0 spiro atoms. The van der Waals surface area contributed by atoms with Crippen LogP contribution in [-0.2, 0) is 16.6 Å². The van der Waals surface area contributed by atoms with Crippen molar-refractivity contribution in [2.45, 2.75) is 43.2 Å². The van der Waals surface area contributed by atoms with Gasteiger partial charge < -0.3 is 10.6 Å². The Hall–Kier alpha value is -1.60. The van der Waals surface area contributed by atoms with E-state index < -0.39 is 10.0 Å². The Morgan fingerprint density at radius 2 is 1.80 bits per heavy atom. The summed E-state index contributed by atoms with van der Waals surface area (Å²) in [7, 11) is -3.67. The van der Waals surface area contributed by atoms with E-state index in [0.29, 0.717) is 6.54 Å². The van der Waals surface area contributed by atoms with E-state index >= 15 is 0 Å². The molecular weight excluding hydrogens is 278 g/mol. The van der Waals surface area contributed by atoms with Crippen molar-refractivity contribution in [1.29, 1.82) is 0 Å². The van der Waals surface area contributed by atoms with Gasteiger partial charge in [0, 0.05) is 12.6 Å². The number of hydrogen-bond acceptors (Lipinski definition) is 3. The summed E-state index contributed by atoms with van der Waals surface area (Å²) >= 11 is 0. The standard InChI is InChI=1S/C13H19N3O3S/c14-20(18,19)12-7-5-10(6-8-12)9-15-13(17)16-11-3-1-2-4-11/h5-8,11H,1-4,9H2,(H2,14,18,19)(H2,15,16,17). The van der Waals surface area contributed by atoms with Crippen LogP contribution in [0.1, 0.15) is 31.2 Å². The van der Waals surface area contributed by atoms with E-state index in [2.05, 4.69) is 10.6 Å². The van der Waals surface area contributed by atoms with Gasteiger partial charge in [0.2, 0.25) is 10.0 Å². The molecule has 2 amide bonds. The van der Waals surface area contributed by atoms with Gasteiger partial charge in [-0.2, -0.15) is 0 Å². The van der Waals surface area contributed by atoms with Gasteiger partial charge in [-0.25, -0.2) is 18.4 Å². The second-order valence-electron chi connectivity index (χ2n) is 5.00. The van der Waals surface area contributed by atoms with Crippen molar-refractivity contribution in [2.24, 2.45) is 5.14 Å². The largest absolute Gasteiger partial charge is 0.335 e. The minimum atomic E-state index is -3.67. The SMILES string of the molecule is NS(=O)(=O)c1ccc(CNC(=O)NC2CCCC2)cc1. The number of primary sulfonamides is 1. The van der Waals surface area contributed by atoms with Crippen LogP contribution >= 0.6 is 0 Å². The molecule has 1 aliphatic carbocycles. The number of amides is 2. The lowest BCUT2D eigenvalue weighted by Crippen LogP contribution is -2.40. The normalized spacial score (nSPS) is 16.1. The molecule has 0 atom stereocenters. The quantitative estimate of drug-likeness (QED) is 0.775. The van der Waals surface area contributed by atoms with Gasteiger partial charge in [0.05, 0.1) is 4.90 Å². The summed E-state index contributed by atoms with van der Waals surface area (Å²) in [6.45, 7) is 0.351. The summed E-state index contributed by atoms with van der Waals surface area (Å²) in [4.78, 5) is 11.7. The van der Waals surface area contributed by atoms with Crippen molar-refractivity contribution in [1.82, 2.24) is 10.6 Å². The molecule has 0 bridgehead atoms. The molecule has 4 N–H and O–H groups in total. The third kappa shape index (κ3) is 4.21. The van der Waals surface area contributed by atoms with Gasteiger partial charge in [-0.1, -0.05) is 25.0 Å². The monoisotopic (exact) mass is 297 g/mol. The van der Waals surface area contributed by atoms with E-state index in [0.717, 1.165) is 18.4 Å². The van der Waals surface area contributed by atoms with Crippen LogP contribution in [0.25, 0.3) is 0 Å². The number of sulfonamides is 1. The molecule has 1 aliphatic rings. The lowest BCUT2D eigenvalue weighted by Gasteiger charge is -2.13. The van der Waals surface area contributed by atoms with Gasteiger partial charge in [-0.15, -0.1) is 0 Å². The molecule has 0 unspecified atom stereocenters. The number of rotatable bonds is 4. The van der Waals surface area contributed by atoms with Crippen LogP contribution in [0.4, 0.5) is 4.79 Å². The molecule has 0 saturated heterocycles. The molecular formula is C13H19N3O3S. The van der Waals surface area contributed by atoms with E-state index in [4.69, 9.17) is 5.14 Å². The van der Waals surface area contributed by atoms with Gasteiger partial charge in [0.1, 0.15) is 0 Å². The van der Waals surface area contributed by atoms with E-state index in [-0.39, 0.29) is 17.0 Å². The first kappa shape index (κ1) is 14.8. The van der Waals surface area contributed by atoms with Crippen molar-refractivity contribution in [3.8, 4) is 0 Å². The smallest absolute Gasteiger partial charge is 0.315 e. The molecule has 2 rings (SSSR count). The van der Waals surface area contributed by atoms with Crippen molar-refractivity contribution >= 4 is 16.1 Å². The molecule has 0 heterocycles. The third-order valence-electron chi connectivity index (χ3n) is 3.40. The highest BCUT2D eigenvalue weighted by Gasteiger charge is 2.16. The van der Waals surface area contributed by atoms with Crippen molar-refractivity contribution < 1.29 is 13.2 Å². The summed E-state index contributed by atoms with van der Waals surface area (Å²) in [5, 5.41) is 10.7. The minimum absolute atomic E-state index is 0.0663. The van der Waals surface area contributed by atoms with Crippen LogP contribution in [-0.4, -0.2) is 20.5 Å². The number of carbonyl (C=O) groups is 1. The molecule has 7 heteroatoms. The fourth-order valence-electron chi connectivity index (χ4n) is 2.29. The fourth-order valence-corrected chi connectivity index (χ4v) is 2.80. The fraction of sp³-hybridized carbons (Fsp3) is 0.462. The topological polar surface area (TPSA) is 101 Å². The Balaban J connectivity index is 1.83. The number of carbonyl (C=O) groups excluding carboxylic acids is 1. The summed E-state index contributed by atoms with van der Waals surface area (Å²) in [5.41, 5.74) is 0.818. The Kier molecular flexibility index (Phi) is 4.61. The zero-order valence-corrected chi connectivity index (χ0v) is 11.9. The van der Waals surface area contributed by atoms with Gasteiger partial charge in [0.25, 0.3) is 0 Å². The molecule has 6 nitrogen and oxygen atoms in total. The highest BCUT2D eigenvalue weighted by Crippen LogP contribution is 2.17. The van der Waals surface area contributed by atoms with Crippen LogP contribution in [0, 0.1) is 0 Å². The summed E-state index contributed by atoms with van der Waals surface area (Å²) in [5.74, 6) is 0. The van der Waals surface area contributed by atoms with Crippen LogP contribution in [0.15, 0.2) is 29.2 Å². The number of nitrogens with one attached hydrogen (secondary N) is 2. The zero-order chi connectivity index (χ0) is 14.6. The van der Waals surface area contributed by atoms with Gasteiger partial charge >= 0.3 is 6.03 Å². The summed E-state index contributed by atoms with van der Waals surface area (Å²) < 4.78 is 22.2. The Morgan fingerprint density at radius 1 is 1.20 bits per heavy atom. The Labute approximate surface area is 118 Å². The molecule has 1 aromatic carbocycles. The molecule has 1 aromatic rings. The second-order valence-corrected chi connectivity index (χ2v) is 6.56. The highest BCUT2D eigenvalue weighted by atomic mass is 32.2. The van der Waals surface area contributed by atoms with Crippen molar-refractivity contribution in [3.05, 3.63) is 29.8 Å². The van der Waals surface area contributed by atoms with E-state index in [9.17, 15) is 13.2 Å². The maximum Gasteiger partial charge on any atom is 0.315 e. The molecule has 0 radical (unpaired) electrons. The second kappa shape index (κ2) is 6.23. The highest BCUT2D eigenvalue weighted by molar-refractivity contribution is 7.89. The van der Waals surface area contributed by atoms with E-state index in [1.165, 1.54) is 25.0 Å². The average Bonchev–Trinajstić information content (AvgIpc) is 2.88. The molecule has 20 heavy (non-hydrogen) atoms. The van der Waals surface area contributed by atoms with Crippen molar-refractivity contribution in [3.63, 3.8) is 0 Å². The first-order valence-electron chi connectivity index (χ1n) is 6.61. The lowest BCUT2D eigenvalue weighted by molar-refractivity contribution is 0.236. The maximum absolute atomic E-state index is 11.7. The molecule has 110 valence electrons. The van der Waals surface area contributed by atoms with E-state index in [1.54, 1.807) is 12.1 Å². The summed E-state index contributed by atoms with van der Waals surface area (Å²) in [6, 6.07) is 6.22. The maximum atomic E-state index is 11.7. The first-order valence-corrected chi connectivity index (χ1v) is 8.16. The van der Waals surface area contributed by atoms with Crippen LogP contribution in [0.5, 0.6) is 0 Å². The molecule has 1 saturated carbocycles. The average molecular weight is 297 g/mol. The van der Waals surface area contributed by atoms with Gasteiger partial charge in [0.15, 0.2) is 0 Å². The predicted octanol–water partition coefficient (Wildman–Crippen LogP) is 1.08. The number of benzene rings is 1. The van der Waals surface area contributed by atoms with Gasteiger partial charge in [-0.05, 0) is 30.5 Å².